The molecule has 0 spiro atoms. The molecule has 2 aromatic rings. The Kier molecular flexibility index (Phi) is 2.91. The number of thiazole rings is 1. The number of nitrogens with one attached hydrogen (secondary N) is 1. The fourth-order valence-electron chi connectivity index (χ4n) is 0.894. The molecule has 2 rings (SSSR count). The van der Waals surface area contributed by atoms with Gasteiger partial charge in [0.2, 0.25) is 0 Å². The van der Waals surface area contributed by atoms with Gasteiger partial charge in [-0.15, -0.1) is 11.3 Å². The van der Waals surface area contributed by atoms with Gasteiger partial charge in [-0.2, -0.15) is 0 Å². The summed E-state index contributed by atoms with van der Waals surface area (Å²) in [6.45, 7) is 0. The molecule has 0 saturated carbocycles. The third kappa shape index (κ3) is 1.74. The van der Waals surface area contributed by atoms with Gasteiger partial charge in [0.15, 0.2) is 3.95 Å². The largest absolute Gasteiger partial charge is 0.337 e. The van der Waals surface area contributed by atoms with E-state index in [9.17, 15) is 0 Å². The van der Waals surface area contributed by atoms with E-state index in [1.165, 1.54) is 4.70 Å². The van der Waals surface area contributed by atoms with Crippen molar-refractivity contribution in [3.8, 4) is 0 Å². The molecule has 11 heavy (non-hydrogen) atoms. The summed E-state index contributed by atoms with van der Waals surface area (Å²) in [6.07, 6.45) is 0. The zero-order valence-electron chi connectivity index (χ0n) is 6.13. The van der Waals surface area contributed by atoms with E-state index in [0.29, 0.717) is 0 Å². The van der Waals surface area contributed by atoms with Gasteiger partial charge in [-0.1, -0.05) is 12.1 Å². The van der Waals surface area contributed by atoms with Crippen molar-refractivity contribution in [3.05, 3.63) is 28.2 Å². The molecule has 0 aliphatic carbocycles. The molecule has 0 amide bonds. The molecule has 1 aromatic carbocycles. The fourth-order valence-corrected chi connectivity index (χ4v) is 2.01. The van der Waals surface area contributed by atoms with Crippen molar-refractivity contribution in [2.24, 2.45) is 0 Å². The maximum absolute atomic E-state index is 4.98. The van der Waals surface area contributed by atoms with Crippen LogP contribution in [-0.4, -0.2) is 23.8 Å². The average Bonchev–Trinajstić information content (AvgIpc) is 2.27. The first-order chi connectivity index (χ1) is 4.86. The van der Waals surface area contributed by atoms with Crippen LogP contribution in [0.3, 0.4) is 0 Å². The molecule has 1 radical (unpaired) electrons. The van der Waals surface area contributed by atoms with Crippen molar-refractivity contribution in [2.45, 2.75) is 0 Å². The predicted octanol–water partition coefficient (Wildman–Crippen LogP) is 2.58. The van der Waals surface area contributed by atoms with E-state index in [2.05, 4.69) is 11.1 Å². The van der Waals surface area contributed by atoms with Crippen LogP contribution in [0.5, 0.6) is 0 Å². The molecule has 0 bridgehead atoms. The fraction of sp³-hybridized carbons (Fsp3) is 0. The normalized spacial score (nSPS) is 9.45. The summed E-state index contributed by atoms with van der Waals surface area (Å²) in [6, 6.07) is 8.11. The molecular formula is C7H5LiNS2. The van der Waals surface area contributed by atoms with Crippen molar-refractivity contribution >= 4 is 52.6 Å². The molecule has 1 heterocycles. The van der Waals surface area contributed by atoms with E-state index >= 15 is 0 Å². The standard InChI is InChI=1S/C7H5NS2.Li/c9-7-8-5-3-1-2-4-6(5)10-7;/h1-4H,(H,8,9);. The number of benzene rings is 1. The summed E-state index contributed by atoms with van der Waals surface area (Å²) in [5.74, 6) is 0. The Hall–Kier alpha value is -0.0726. The molecule has 4 heteroatoms. The second kappa shape index (κ2) is 3.55. The van der Waals surface area contributed by atoms with Gasteiger partial charge in [0.05, 0.1) is 10.2 Å². The molecule has 1 N–H and O–H groups in total. The van der Waals surface area contributed by atoms with E-state index in [-0.39, 0.29) is 18.9 Å². The Morgan fingerprint density at radius 1 is 1.27 bits per heavy atom. The summed E-state index contributed by atoms with van der Waals surface area (Å²) in [5, 5.41) is 0. The topological polar surface area (TPSA) is 15.8 Å². The van der Waals surface area contributed by atoms with Gasteiger partial charge in [0.25, 0.3) is 0 Å². The molecule has 0 saturated heterocycles. The van der Waals surface area contributed by atoms with Crippen LogP contribution in [0.25, 0.3) is 10.2 Å². The van der Waals surface area contributed by atoms with Crippen LogP contribution in [-0.2, 0) is 0 Å². The Morgan fingerprint density at radius 2 is 2.00 bits per heavy atom. The summed E-state index contributed by atoms with van der Waals surface area (Å²) >= 11 is 6.59. The van der Waals surface area contributed by atoms with Gasteiger partial charge >= 0.3 is 0 Å². The van der Waals surface area contributed by atoms with Crippen LogP contribution in [0, 0.1) is 3.95 Å². The quantitative estimate of drug-likeness (QED) is 0.479. The minimum Gasteiger partial charge on any atom is -0.337 e. The van der Waals surface area contributed by atoms with Gasteiger partial charge in [-0.25, -0.2) is 0 Å². The number of hydrogen-bond donors (Lipinski definition) is 1. The molecule has 0 aliphatic rings. The number of fused-ring (bicyclic) bond motifs is 1. The van der Waals surface area contributed by atoms with E-state index in [1.54, 1.807) is 11.3 Å². The van der Waals surface area contributed by atoms with Crippen LogP contribution in [0.15, 0.2) is 24.3 Å². The van der Waals surface area contributed by atoms with Gasteiger partial charge in [0.1, 0.15) is 0 Å². The first-order valence-corrected chi connectivity index (χ1v) is 4.16. The first-order valence-electron chi connectivity index (χ1n) is 2.94. The summed E-state index contributed by atoms with van der Waals surface area (Å²) < 4.78 is 2.08. The van der Waals surface area contributed by atoms with E-state index in [1.807, 2.05) is 18.2 Å². The van der Waals surface area contributed by atoms with Crippen LogP contribution in [0.2, 0.25) is 0 Å². The van der Waals surface area contributed by atoms with Gasteiger partial charge in [-0.3, -0.25) is 0 Å². The van der Waals surface area contributed by atoms with Crippen molar-refractivity contribution in [1.82, 2.24) is 4.98 Å². The second-order valence-corrected chi connectivity index (χ2v) is 3.73. The maximum Gasteiger partial charge on any atom is 0.159 e. The SMILES string of the molecule is S=c1[nH]c2ccccc2s1.[Li]. The zero-order valence-corrected chi connectivity index (χ0v) is 7.76. The van der Waals surface area contributed by atoms with Crippen LogP contribution in [0.1, 0.15) is 0 Å². The third-order valence-corrected chi connectivity index (χ3v) is 2.54. The van der Waals surface area contributed by atoms with Gasteiger partial charge < -0.3 is 4.98 Å². The van der Waals surface area contributed by atoms with Crippen LogP contribution in [0.4, 0.5) is 0 Å². The molecular weight excluding hydrogens is 169 g/mol. The molecule has 0 aliphatic heterocycles. The number of aromatic nitrogens is 1. The van der Waals surface area contributed by atoms with Crippen molar-refractivity contribution < 1.29 is 0 Å². The van der Waals surface area contributed by atoms with Gasteiger partial charge in [0, 0.05) is 18.9 Å². The summed E-state index contributed by atoms with van der Waals surface area (Å²) in [4.78, 5) is 3.09. The molecule has 0 fully saturated rings. The van der Waals surface area contributed by atoms with Gasteiger partial charge in [-0.05, 0) is 24.4 Å². The number of para-hydroxylation sites is 1. The Balaban J connectivity index is 0.000000605. The van der Waals surface area contributed by atoms with Crippen molar-refractivity contribution in [2.75, 3.05) is 0 Å². The Bertz CT molecular complexity index is 368. The Morgan fingerprint density at radius 3 is 2.73 bits per heavy atom. The average molecular weight is 174 g/mol. The van der Waals surface area contributed by atoms with E-state index in [4.69, 9.17) is 12.2 Å². The summed E-state index contributed by atoms with van der Waals surface area (Å²) in [5.41, 5.74) is 1.14. The smallest absolute Gasteiger partial charge is 0.159 e. The number of rotatable bonds is 0. The van der Waals surface area contributed by atoms with Crippen molar-refractivity contribution in [1.29, 1.82) is 0 Å². The Labute approximate surface area is 85.6 Å². The molecule has 0 atom stereocenters. The molecule has 0 unspecified atom stereocenters. The summed E-state index contributed by atoms with van der Waals surface area (Å²) in [7, 11) is 0. The maximum atomic E-state index is 4.98. The van der Waals surface area contributed by atoms with Crippen molar-refractivity contribution in [3.63, 3.8) is 0 Å². The minimum atomic E-state index is 0. The molecule has 51 valence electrons. The minimum absolute atomic E-state index is 0. The second-order valence-electron chi connectivity index (χ2n) is 2.01. The monoisotopic (exact) mass is 174 g/mol. The number of H-pyrrole nitrogens is 1. The zero-order chi connectivity index (χ0) is 6.97. The van der Waals surface area contributed by atoms with Crippen LogP contribution < -0.4 is 0 Å². The van der Waals surface area contributed by atoms with Crippen LogP contribution >= 0.6 is 23.6 Å². The number of hydrogen-bond acceptors (Lipinski definition) is 2. The van der Waals surface area contributed by atoms with E-state index in [0.717, 1.165) is 9.47 Å². The van der Waals surface area contributed by atoms with E-state index < -0.39 is 0 Å². The molecule has 1 aromatic heterocycles. The molecule has 1 nitrogen and oxygen atoms in total. The third-order valence-electron chi connectivity index (χ3n) is 1.33. The number of aromatic amines is 1. The first kappa shape index (κ1) is 9.02. The predicted molar refractivity (Wildman–Crippen MR) is 52.8 cm³/mol.